The van der Waals surface area contributed by atoms with Gasteiger partial charge in [-0.3, -0.25) is 4.98 Å². The van der Waals surface area contributed by atoms with Crippen molar-refractivity contribution in [3.63, 3.8) is 0 Å². The molecule has 0 aliphatic heterocycles. The summed E-state index contributed by atoms with van der Waals surface area (Å²) in [6, 6.07) is 47.1. The number of aryl methyl sites for hydroxylation is 7. The summed E-state index contributed by atoms with van der Waals surface area (Å²) in [6.07, 6.45) is 4.09. The molecule has 0 saturated heterocycles. The Morgan fingerprint density at radius 1 is 0.462 bits per heavy atom. The summed E-state index contributed by atoms with van der Waals surface area (Å²) in [7, 11) is -15.0. The first-order valence-electron chi connectivity index (χ1n) is 25.6. The lowest BCUT2D eigenvalue weighted by Gasteiger charge is -2.26. The summed E-state index contributed by atoms with van der Waals surface area (Å²) in [4.78, 5) is 5.76. The summed E-state index contributed by atoms with van der Waals surface area (Å²) in [5.74, 6) is -0.0126. The fourth-order valence-corrected chi connectivity index (χ4v) is 15.5. The molecule has 0 aliphatic carbocycles. The molecule has 1 heterocycles. The Balaban J connectivity index is 1.02. The third-order valence-electron chi connectivity index (χ3n) is 13.9. The predicted molar refractivity (Wildman–Crippen MR) is 312 cm³/mol. The Labute approximate surface area is 466 Å². The van der Waals surface area contributed by atoms with Crippen LogP contribution in [-0.2, 0) is 78.6 Å². The number of rotatable bonds is 21. The zero-order valence-corrected chi connectivity index (χ0v) is 48.9. The van der Waals surface area contributed by atoms with Gasteiger partial charge in [-0.2, -0.15) is 8.61 Å². The maximum Gasteiger partial charge on any atom is 0.244 e. The van der Waals surface area contributed by atoms with Gasteiger partial charge in [0.2, 0.25) is 20.0 Å². The van der Waals surface area contributed by atoms with Gasteiger partial charge in [0, 0.05) is 49.3 Å². The fourth-order valence-electron chi connectivity index (χ4n) is 9.98. The van der Waals surface area contributed by atoms with Crippen molar-refractivity contribution in [2.45, 2.75) is 100 Å². The summed E-state index contributed by atoms with van der Waals surface area (Å²) in [5.41, 5.74) is 11.2. The number of halogens is 1. The van der Waals surface area contributed by atoms with Crippen LogP contribution in [0.15, 0.2) is 184 Å². The molecule has 8 aromatic rings. The molecule has 0 N–H and O–H groups in total. The quantitative estimate of drug-likeness (QED) is 0.0683. The fraction of sp³-hybridized carbons (Fsp3) is 0.242. The minimum Gasteiger partial charge on any atom is -0.261 e. The molecule has 406 valence electrons. The normalized spacial score (nSPS) is 12.4. The zero-order chi connectivity index (χ0) is 56.2. The maximum absolute atomic E-state index is 15.2. The number of pyridine rings is 1. The molecule has 0 bridgehead atoms. The van der Waals surface area contributed by atoms with Gasteiger partial charge >= 0.3 is 0 Å². The van der Waals surface area contributed by atoms with Gasteiger partial charge in [-0.15, -0.1) is 0 Å². The van der Waals surface area contributed by atoms with Gasteiger partial charge in [0.25, 0.3) is 0 Å². The first kappa shape index (κ1) is 57.9. The largest absolute Gasteiger partial charge is 0.261 e. The second kappa shape index (κ2) is 24.0. The van der Waals surface area contributed by atoms with Crippen LogP contribution >= 0.6 is 11.6 Å². The summed E-state index contributed by atoms with van der Waals surface area (Å²) in [6.45, 7) is 11.2. The van der Waals surface area contributed by atoms with E-state index >= 15 is 8.42 Å². The molecule has 0 amide bonds. The van der Waals surface area contributed by atoms with Crippen molar-refractivity contribution in [1.29, 1.82) is 0 Å². The number of hydrogen-bond acceptors (Lipinski definition) is 9. The molecule has 11 nitrogen and oxygen atoms in total. The second-order valence-corrected chi connectivity index (χ2v) is 28.5. The van der Waals surface area contributed by atoms with Crippen LogP contribution in [0.25, 0.3) is 22.3 Å². The number of nitrogens with zero attached hydrogens (tertiary/aromatic N) is 3. The molecular weight excluding hydrogens is 1080 g/mol. The van der Waals surface area contributed by atoms with E-state index in [0.29, 0.717) is 52.1 Å². The highest BCUT2D eigenvalue weighted by Gasteiger charge is 2.31. The predicted octanol–water partition coefficient (Wildman–Crippen LogP) is 12.4. The topological polar surface area (TPSA) is 156 Å². The molecule has 78 heavy (non-hydrogen) atoms. The lowest BCUT2D eigenvalue weighted by Crippen LogP contribution is -2.33. The van der Waals surface area contributed by atoms with Gasteiger partial charge in [0.1, 0.15) is 0 Å². The molecular formula is C62H64ClN3O8S4. The van der Waals surface area contributed by atoms with E-state index in [2.05, 4.69) is 0 Å². The Hall–Kier alpha value is -6.30. The number of sulfone groups is 2. The number of sulfonamides is 2. The third-order valence-corrected chi connectivity index (χ3v) is 21.3. The lowest BCUT2D eigenvalue weighted by molar-refractivity contribution is 0.400. The monoisotopic (exact) mass is 1140 g/mol. The molecule has 0 aliphatic rings. The molecule has 7 aromatic carbocycles. The average molecular weight is 1140 g/mol. The summed E-state index contributed by atoms with van der Waals surface area (Å²) in [5, 5.41) is 0.444. The molecule has 0 spiro atoms. The van der Waals surface area contributed by atoms with Crippen molar-refractivity contribution in [3.05, 3.63) is 230 Å². The molecule has 0 radical (unpaired) electrons. The van der Waals surface area contributed by atoms with E-state index in [4.69, 9.17) is 16.6 Å². The molecule has 0 saturated carbocycles. The van der Waals surface area contributed by atoms with Crippen LogP contribution in [0.2, 0.25) is 5.02 Å². The van der Waals surface area contributed by atoms with Gasteiger partial charge in [-0.25, -0.2) is 33.7 Å². The Morgan fingerprint density at radius 3 is 1.53 bits per heavy atom. The minimum atomic E-state index is -4.18. The smallest absolute Gasteiger partial charge is 0.244 e. The van der Waals surface area contributed by atoms with Crippen LogP contribution < -0.4 is 0 Å². The van der Waals surface area contributed by atoms with Crippen molar-refractivity contribution < 1.29 is 33.7 Å². The van der Waals surface area contributed by atoms with E-state index in [-0.39, 0.29) is 51.5 Å². The molecule has 16 heteroatoms. The Bertz CT molecular complexity index is 3940. The van der Waals surface area contributed by atoms with E-state index in [9.17, 15) is 25.3 Å². The Kier molecular flexibility index (Phi) is 17.8. The highest BCUT2D eigenvalue weighted by Crippen LogP contribution is 2.33. The number of benzene rings is 7. The highest BCUT2D eigenvalue weighted by atomic mass is 35.5. The maximum atomic E-state index is 15.2. The molecule has 1 aromatic heterocycles. The van der Waals surface area contributed by atoms with Crippen molar-refractivity contribution >= 4 is 51.3 Å². The first-order valence-corrected chi connectivity index (χ1v) is 32.4. The first-order chi connectivity index (χ1) is 36.9. The van der Waals surface area contributed by atoms with Crippen LogP contribution in [0.3, 0.4) is 0 Å². The highest BCUT2D eigenvalue weighted by molar-refractivity contribution is 7.91. The SMILES string of the molecule is CCS(=O)(=O)c1cccc(-c2ccc(CN(Cc3ccccc3Cl)S(=O)(=O)c3c(C)cc(C)cc3CCc3ccc(CCN(Cc4ccc(-c5cccc(S(C)(=O)=O)c5)cc4)S(=O)(=O)c4c(C)cc(C)cc4C)cn3)cc2)c1. The summed E-state index contributed by atoms with van der Waals surface area (Å²) < 4.78 is 113. The van der Waals surface area contributed by atoms with Gasteiger partial charge in [-0.1, -0.05) is 151 Å². The molecule has 0 atom stereocenters. The van der Waals surface area contributed by atoms with E-state index in [1.54, 1.807) is 61.7 Å². The number of aromatic nitrogens is 1. The van der Waals surface area contributed by atoms with Gasteiger partial charge in [0.05, 0.1) is 25.3 Å². The second-order valence-electron chi connectivity index (χ2n) is 20.0. The van der Waals surface area contributed by atoms with E-state index in [1.165, 1.54) is 14.9 Å². The standard InChI is InChI=1S/C62H64ClN3O8S4/c1-8-76(69,70)59-17-12-15-54(38-59)52-26-21-50(22-27-52)41-66(42-56-13-9-10-18-60(56)63)78(73,74)62-47(6)35-44(3)36-55(62)28-30-57-29-23-48(39-64-57)31-32-65(77(71,72)61-45(4)33-43(2)34-46(61)5)40-49-19-24-51(25-20-49)53-14-11-16-58(37-53)75(7,67)68/h9-27,29,33-39H,8,28,30-32,40-42H2,1-7H3. The molecule has 0 fully saturated rings. The minimum absolute atomic E-state index is 0.00956. The van der Waals surface area contributed by atoms with Crippen molar-refractivity contribution in [2.75, 3.05) is 18.6 Å². The average Bonchev–Trinajstić information content (AvgIpc) is 3.53. The van der Waals surface area contributed by atoms with Crippen LogP contribution in [0, 0.1) is 34.6 Å². The zero-order valence-electron chi connectivity index (χ0n) is 44.9. The van der Waals surface area contributed by atoms with E-state index in [0.717, 1.165) is 55.8 Å². The Morgan fingerprint density at radius 2 is 0.974 bits per heavy atom. The van der Waals surface area contributed by atoms with Crippen molar-refractivity contribution in [3.8, 4) is 22.3 Å². The van der Waals surface area contributed by atoms with E-state index in [1.807, 2.05) is 144 Å². The van der Waals surface area contributed by atoms with Crippen LogP contribution in [0.5, 0.6) is 0 Å². The van der Waals surface area contributed by atoms with Crippen LogP contribution in [0.4, 0.5) is 0 Å². The van der Waals surface area contributed by atoms with E-state index < -0.39 is 39.7 Å². The van der Waals surface area contributed by atoms with Gasteiger partial charge in [0.15, 0.2) is 19.7 Å². The lowest BCUT2D eigenvalue weighted by atomic mass is 10.0. The third kappa shape index (κ3) is 13.6. The molecule has 8 rings (SSSR count). The van der Waals surface area contributed by atoms with Crippen molar-refractivity contribution in [1.82, 2.24) is 13.6 Å². The van der Waals surface area contributed by atoms with Crippen LogP contribution in [-0.4, -0.2) is 65.8 Å². The molecule has 0 unspecified atom stereocenters. The number of hydrogen-bond donors (Lipinski definition) is 0. The van der Waals surface area contributed by atoms with Crippen LogP contribution in [0.1, 0.15) is 68.3 Å². The summed E-state index contributed by atoms with van der Waals surface area (Å²) >= 11 is 6.67. The van der Waals surface area contributed by atoms with Gasteiger partial charge < -0.3 is 0 Å². The van der Waals surface area contributed by atoms with Crippen molar-refractivity contribution in [2.24, 2.45) is 0 Å². The van der Waals surface area contributed by atoms with Gasteiger partial charge in [-0.05, 0) is 157 Å².